The van der Waals surface area contributed by atoms with Crippen LogP contribution in [0.3, 0.4) is 0 Å². The number of esters is 1. The van der Waals surface area contributed by atoms with E-state index in [-0.39, 0.29) is 30.3 Å². The monoisotopic (exact) mass is 606 g/mol. The predicted octanol–water partition coefficient (Wildman–Crippen LogP) is 7.09. The van der Waals surface area contributed by atoms with E-state index in [1.165, 1.54) is 19.3 Å². The van der Waals surface area contributed by atoms with Crippen LogP contribution in [-0.2, 0) is 28.8 Å². The fraction of sp³-hybridized carbons (Fsp3) is 0.735. The Morgan fingerprint density at radius 1 is 1.02 bits per heavy atom. The molecule has 1 aliphatic heterocycles. The number of carbonyl (C=O) groups excluding carboxylic acids is 1. The summed E-state index contributed by atoms with van der Waals surface area (Å²) >= 11 is 0. The van der Waals surface area contributed by atoms with Crippen LogP contribution in [0, 0.1) is 18.8 Å². The van der Waals surface area contributed by atoms with Crippen LogP contribution in [0.2, 0.25) is 0 Å². The van der Waals surface area contributed by atoms with Crippen LogP contribution in [0.1, 0.15) is 110 Å². The van der Waals surface area contributed by atoms with Gasteiger partial charge in [-0.1, -0.05) is 62.5 Å². The second-order valence-corrected chi connectivity index (χ2v) is 14.6. The molecule has 4 atom stereocenters. The molecule has 1 aromatic carbocycles. The second-order valence-electron chi connectivity index (χ2n) is 12.5. The Balaban J connectivity index is 1.71. The van der Waals surface area contributed by atoms with Crippen molar-refractivity contribution in [1.29, 1.82) is 0 Å². The third-order valence-electron chi connectivity index (χ3n) is 8.77. The van der Waals surface area contributed by atoms with Crippen LogP contribution in [0.4, 0.5) is 0 Å². The molecule has 0 bridgehead atoms. The van der Waals surface area contributed by atoms with Crippen molar-refractivity contribution in [3.8, 4) is 0 Å². The summed E-state index contributed by atoms with van der Waals surface area (Å²) < 4.78 is 45.4. The molecule has 8 heteroatoms. The van der Waals surface area contributed by atoms with E-state index in [0.29, 0.717) is 50.2 Å². The quantitative estimate of drug-likeness (QED) is 0.108. The molecule has 2 fully saturated rings. The zero-order chi connectivity index (χ0) is 30.6. The summed E-state index contributed by atoms with van der Waals surface area (Å²) in [5.41, 5.74) is 1.01. The van der Waals surface area contributed by atoms with Gasteiger partial charge in [0.2, 0.25) is 0 Å². The first-order valence-corrected chi connectivity index (χ1v) is 17.7. The lowest BCUT2D eigenvalue weighted by atomic mass is 9.85. The van der Waals surface area contributed by atoms with Crippen molar-refractivity contribution in [2.24, 2.45) is 11.8 Å². The van der Waals surface area contributed by atoms with Crippen LogP contribution in [0.5, 0.6) is 0 Å². The lowest BCUT2D eigenvalue weighted by Gasteiger charge is -2.32. The normalized spacial score (nSPS) is 24.1. The van der Waals surface area contributed by atoms with Crippen LogP contribution >= 0.6 is 0 Å². The first kappa shape index (κ1) is 34.7. The number of ether oxygens (including phenoxy) is 3. The Kier molecular flexibility index (Phi) is 14.0. The lowest BCUT2D eigenvalue weighted by molar-refractivity contribution is -0.170. The molecule has 0 amide bonds. The van der Waals surface area contributed by atoms with Crippen LogP contribution in [0.15, 0.2) is 41.3 Å². The van der Waals surface area contributed by atoms with Gasteiger partial charge in [0, 0.05) is 19.3 Å². The molecule has 1 aliphatic carbocycles. The molecular formula is C34H54O7S. The molecule has 238 valence electrons. The summed E-state index contributed by atoms with van der Waals surface area (Å²) in [6, 6.07) is 7.04. The number of carbonyl (C=O) groups is 1. The van der Waals surface area contributed by atoms with Gasteiger partial charge in [-0.2, -0.15) is 0 Å². The molecule has 0 spiro atoms. The van der Waals surface area contributed by atoms with Gasteiger partial charge in [-0.15, -0.1) is 0 Å². The van der Waals surface area contributed by atoms with Crippen molar-refractivity contribution in [2.45, 2.75) is 139 Å². The molecular weight excluding hydrogens is 552 g/mol. The van der Waals surface area contributed by atoms with E-state index >= 15 is 0 Å². The Morgan fingerprint density at radius 2 is 1.71 bits per heavy atom. The number of rotatable bonds is 18. The molecule has 1 saturated heterocycles. The van der Waals surface area contributed by atoms with Gasteiger partial charge >= 0.3 is 5.97 Å². The number of hydrogen-bond donors (Lipinski definition) is 1. The number of allylic oxidation sites excluding steroid dienone is 2. The van der Waals surface area contributed by atoms with Gasteiger partial charge in [-0.25, -0.2) is 8.42 Å². The molecule has 0 radical (unpaired) electrons. The Morgan fingerprint density at radius 3 is 2.38 bits per heavy atom. The average Bonchev–Trinajstić information content (AvgIpc) is 3.54. The van der Waals surface area contributed by atoms with E-state index in [1.807, 2.05) is 45.1 Å². The number of benzene rings is 1. The predicted molar refractivity (Wildman–Crippen MR) is 166 cm³/mol. The summed E-state index contributed by atoms with van der Waals surface area (Å²) in [6.07, 6.45) is 13.7. The van der Waals surface area contributed by atoms with Crippen molar-refractivity contribution in [3.63, 3.8) is 0 Å². The van der Waals surface area contributed by atoms with Crippen molar-refractivity contribution in [3.05, 3.63) is 42.0 Å². The van der Waals surface area contributed by atoms with Crippen LogP contribution in [0.25, 0.3) is 0 Å². The Labute approximate surface area is 254 Å². The third kappa shape index (κ3) is 10.2. The second kappa shape index (κ2) is 16.9. The van der Waals surface area contributed by atoms with E-state index in [4.69, 9.17) is 14.2 Å². The van der Waals surface area contributed by atoms with E-state index in [9.17, 15) is 18.3 Å². The van der Waals surface area contributed by atoms with Gasteiger partial charge in [-0.05, 0) is 83.3 Å². The van der Waals surface area contributed by atoms with Crippen molar-refractivity contribution in [2.75, 3.05) is 13.2 Å². The standard InChI is InChI=1S/C34H54O7S/c1-5-6-7-10-13-21-34(39-23-24-40-34)22-20-30-29(14-11-8-9-12-15-33(36)41-26(2)3)31(35)25-32(30)42(37,38)28-18-16-27(4)17-19-28/h8,11,16-19,26,29-32,35H,5-7,9-10,12-15,20-25H2,1-4H3/b11-8-/t29-,30-,31+,32-/m1/s1. The highest BCUT2D eigenvalue weighted by Crippen LogP contribution is 2.45. The molecule has 42 heavy (non-hydrogen) atoms. The zero-order valence-electron chi connectivity index (χ0n) is 26.3. The summed E-state index contributed by atoms with van der Waals surface area (Å²) in [7, 11) is -3.64. The molecule has 1 N–H and O–H groups in total. The summed E-state index contributed by atoms with van der Waals surface area (Å²) in [5.74, 6) is -1.25. The minimum absolute atomic E-state index is 0.113. The van der Waals surface area contributed by atoms with Crippen molar-refractivity contribution in [1.82, 2.24) is 0 Å². The highest BCUT2D eigenvalue weighted by Gasteiger charge is 2.49. The number of sulfone groups is 1. The fourth-order valence-corrected chi connectivity index (χ4v) is 8.61. The van der Waals surface area contributed by atoms with Gasteiger partial charge in [-0.3, -0.25) is 4.79 Å². The molecule has 2 aliphatic rings. The van der Waals surface area contributed by atoms with Gasteiger partial charge in [0.1, 0.15) is 0 Å². The van der Waals surface area contributed by atoms with E-state index in [0.717, 1.165) is 31.2 Å². The van der Waals surface area contributed by atoms with Crippen LogP contribution in [-0.4, -0.2) is 56.0 Å². The van der Waals surface area contributed by atoms with Crippen molar-refractivity contribution < 1.29 is 32.5 Å². The highest BCUT2D eigenvalue weighted by atomic mass is 32.2. The van der Waals surface area contributed by atoms with E-state index in [1.54, 1.807) is 12.1 Å². The summed E-state index contributed by atoms with van der Waals surface area (Å²) in [5, 5.41) is 10.5. The third-order valence-corrected chi connectivity index (χ3v) is 11.0. The molecule has 3 rings (SSSR count). The van der Waals surface area contributed by atoms with Gasteiger partial charge in [0.05, 0.1) is 35.6 Å². The number of aliphatic hydroxyl groups excluding tert-OH is 1. The summed E-state index contributed by atoms with van der Waals surface area (Å²) in [4.78, 5) is 12.1. The van der Waals surface area contributed by atoms with Crippen LogP contribution < -0.4 is 0 Å². The van der Waals surface area contributed by atoms with Gasteiger partial charge in [0.15, 0.2) is 15.6 Å². The molecule has 0 aromatic heterocycles. The number of aryl methyl sites for hydroxylation is 1. The van der Waals surface area contributed by atoms with Crippen molar-refractivity contribution >= 4 is 15.8 Å². The van der Waals surface area contributed by atoms with E-state index in [2.05, 4.69) is 6.92 Å². The molecule has 0 unspecified atom stereocenters. The topological polar surface area (TPSA) is 99.1 Å². The maximum atomic E-state index is 13.9. The Bertz CT molecular complexity index is 1070. The Hall–Kier alpha value is -1.74. The van der Waals surface area contributed by atoms with Gasteiger partial charge in [0.25, 0.3) is 0 Å². The molecule has 1 aromatic rings. The molecule has 7 nitrogen and oxygen atoms in total. The largest absolute Gasteiger partial charge is 0.463 e. The SMILES string of the molecule is CCCCCCCC1(CC[C@@H]2[C@@H](C/C=C\CCCC(=O)OC(C)C)[C@@H](O)C[C@H]2S(=O)(=O)c2ccc(C)cc2)OCCO1. The lowest BCUT2D eigenvalue weighted by Crippen LogP contribution is -2.34. The van der Waals surface area contributed by atoms with Gasteiger partial charge < -0.3 is 19.3 Å². The summed E-state index contributed by atoms with van der Waals surface area (Å²) in [6.45, 7) is 8.95. The van der Waals surface area contributed by atoms with E-state index < -0.39 is 27.0 Å². The minimum Gasteiger partial charge on any atom is -0.463 e. The fourth-order valence-electron chi connectivity index (χ4n) is 6.49. The zero-order valence-corrected chi connectivity index (χ0v) is 27.1. The first-order chi connectivity index (χ1) is 20.1. The number of hydrogen-bond acceptors (Lipinski definition) is 7. The first-order valence-electron chi connectivity index (χ1n) is 16.2. The maximum absolute atomic E-state index is 13.9. The number of aliphatic hydroxyl groups is 1. The minimum atomic E-state index is -3.64. The maximum Gasteiger partial charge on any atom is 0.306 e. The highest BCUT2D eigenvalue weighted by molar-refractivity contribution is 7.92. The number of unbranched alkanes of at least 4 members (excludes halogenated alkanes) is 5. The molecule has 1 saturated carbocycles. The smallest absolute Gasteiger partial charge is 0.306 e. The molecule has 1 heterocycles. The average molecular weight is 607 g/mol.